The third-order valence-electron chi connectivity index (χ3n) is 8.74. The maximum Gasteiger partial charge on any atom is 0.330 e. The molecule has 5 atom stereocenters. The van der Waals surface area contributed by atoms with Gasteiger partial charge in [0.15, 0.2) is 0 Å². The monoisotopic (exact) mass is 611 g/mol. The molecule has 0 aromatic heterocycles. The van der Waals surface area contributed by atoms with E-state index in [0.29, 0.717) is 38.6 Å². The van der Waals surface area contributed by atoms with Crippen molar-refractivity contribution in [2.45, 2.75) is 115 Å². The zero-order valence-corrected chi connectivity index (χ0v) is 26.6. The summed E-state index contributed by atoms with van der Waals surface area (Å²) in [6.07, 6.45) is 8.62. The molecule has 1 saturated carbocycles. The molecule has 238 valence electrons. The van der Waals surface area contributed by atoms with Crippen molar-refractivity contribution in [1.82, 2.24) is 25.2 Å². The van der Waals surface area contributed by atoms with E-state index in [9.17, 15) is 32.7 Å². The van der Waals surface area contributed by atoms with Crippen LogP contribution in [0.1, 0.15) is 86.0 Å². The lowest BCUT2D eigenvalue weighted by Crippen LogP contribution is -2.59. The van der Waals surface area contributed by atoms with E-state index >= 15 is 0 Å². The van der Waals surface area contributed by atoms with E-state index in [1.165, 1.54) is 16.3 Å². The molecule has 4 amide bonds. The van der Waals surface area contributed by atoms with Gasteiger partial charge in [0.1, 0.15) is 17.6 Å². The summed E-state index contributed by atoms with van der Waals surface area (Å²) >= 11 is 0. The van der Waals surface area contributed by atoms with Crippen molar-refractivity contribution in [3.8, 4) is 0 Å². The number of likely N-dealkylation sites (N-methyl/N-ethyl adjacent to an activating group) is 1. The van der Waals surface area contributed by atoms with Crippen molar-refractivity contribution >= 4 is 33.8 Å². The van der Waals surface area contributed by atoms with Gasteiger partial charge in [-0.1, -0.05) is 45.8 Å². The lowest BCUT2D eigenvalue weighted by Gasteiger charge is -2.35. The second-order valence-corrected chi connectivity index (χ2v) is 15.9. The number of aliphatic carboxylic acids is 1. The van der Waals surface area contributed by atoms with Crippen LogP contribution in [0, 0.1) is 11.3 Å². The Kier molecular flexibility index (Phi) is 10.7. The summed E-state index contributed by atoms with van der Waals surface area (Å²) in [6.45, 7) is 9.31. The molecule has 1 aliphatic carbocycles. The minimum atomic E-state index is -3.54. The highest BCUT2D eigenvalue weighted by molar-refractivity contribution is 7.89. The maximum atomic E-state index is 13.8. The molecule has 0 bridgehead atoms. The zero-order chi connectivity index (χ0) is 31.5. The van der Waals surface area contributed by atoms with Crippen LogP contribution in [0.15, 0.2) is 12.2 Å². The summed E-state index contributed by atoms with van der Waals surface area (Å²) in [6, 6.07) is -2.84. The number of amides is 4. The SMILES string of the molecule is CC(C)S(=O)(=O)N(C)CC(NC(=O)N[C@H]1CCCCC/C=C\C2C[C@@]2(C(=O)O)NC(=O)[C@@H]2CCCN2C1=O)C(C)(C)C. The molecule has 4 N–H and O–H groups in total. The number of sulfonamides is 1. The molecule has 0 radical (unpaired) electrons. The van der Waals surface area contributed by atoms with Crippen LogP contribution in [-0.2, 0) is 24.4 Å². The van der Waals surface area contributed by atoms with Gasteiger partial charge in [-0.25, -0.2) is 22.3 Å². The number of carbonyl (C=O) groups is 4. The lowest BCUT2D eigenvalue weighted by atomic mass is 9.87. The molecule has 12 nitrogen and oxygen atoms in total. The van der Waals surface area contributed by atoms with Crippen LogP contribution in [0.25, 0.3) is 0 Å². The Morgan fingerprint density at radius 1 is 1.17 bits per heavy atom. The van der Waals surface area contributed by atoms with Crippen molar-refractivity contribution in [3.05, 3.63) is 12.2 Å². The Bertz CT molecular complexity index is 1170. The van der Waals surface area contributed by atoms with Crippen LogP contribution >= 0.6 is 0 Å². The first-order valence-electron chi connectivity index (χ1n) is 15.1. The summed E-state index contributed by atoms with van der Waals surface area (Å²) in [4.78, 5) is 54.0. The lowest BCUT2D eigenvalue weighted by molar-refractivity contribution is -0.145. The van der Waals surface area contributed by atoms with Gasteiger partial charge in [0.25, 0.3) is 0 Å². The van der Waals surface area contributed by atoms with Gasteiger partial charge in [0.2, 0.25) is 21.8 Å². The van der Waals surface area contributed by atoms with Crippen LogP contribution in [0.5, 0.6) is 0 Å². The molecule has 1 saturated heterocycles. The van der Waals surface area contributed by atoms with E-state index in [4.69, 9.17) is 0 Å². The van der Waals surface area contributed by atoms with Gasteiger partial charge in [-0.3, -0.25) is 9.59 Å². The van der Waals surface area contributed by atoms with E-state index in [2.05, 4.69) is 16.0 Å². The predicted molar refractivity (Wildman–Crippen MR) is 159 cm³/mol. The number of fused-ring (bicyclic) bond motifs is 2. The number of rotatable bonds is 7. The molecular formula is C29H49N5O7S. The van der Waals surface area contributed by atoms with Crippen LogP contribution < -0.4 is 16.0 Å². The quantitative estimate of drug-likeness (QED) is 0.321. The Labute approximate surface area is 250 Å². The summed E-state index contributed by atoms with van der Waals surface area (Å²) in [5.74, 6) is -2.22. The highest BCUT2D eigenvalue weighted by Crippen LogP contribution is 2.45. The van der Waals surface area contributed by atoms with E-state index in [1.54, 1.807) is 13.8 Å². The normalized spacial score (nSPS) is 29.0. The van der Waals surface area contributed by atoms with Gasteiger partial charge in [-0.05, 0) is 57.8 Å². The minimum absolute atomic E-state index is 0.0598. The molecule has 2 heterocycles. The molecule has 2 unspecified atom stereocenters. The van der Waals surface area contributed by atoms with Crippen molar-refractivity contribution in [2.75, 3.05) is 20.1 Å². The fraction of sp³-hybridized carbons (Fsp3) is 0.793. The van der Waals surface area contributed by atoms with E-state index < -0.39 is 62.3 Å². The topological polar surface area (TPSA) is 165 Å². The fourth-order valence-electron chi connectivity index (χ4n) is 5.69. The van der Waals surface area contributed by atoms with Gasteiger partial charge in [-0.15, -0.1) is 0 Å². The van der Waals surface area contributed by atoms with Crippen molar-refractivity contribution in [2.24, 2.45) is 11.3 Å². The van der Waals surface area contributed by atoms with E-state index in [0.717, 1.165) is 19.3 Å². The summed E-state index contributed by atoms with van der Waals surface area (Å²) < 4.78 is 26.6. The number of carbonyl (C=O) groups excluding carboxylic acids is 3. The number of nitrogens with one attached hydrogen (secondary N) is 3. The first-order valence-corrected chi connectivity index (χ1v) is 16.6. The van der Waals surface area contributed by atoms with Crippen LogP contribution in [0.2, 0.25) is 0 Å². The Morgan fingerprint density at radius 2 is 1.86 bits per heavy atom. The van der Waals surface area contributed by atoms with Gasteiger partial charge in [-0.2, -0.15) is 0 Å². The van der Waals surface area contributed by atoms with Gasteiger partial charge in [0, 0.05) is 32.1 Å². The molecule has 3 aliphatic rings. The molecule has 0 spiro atoms. The molecule has 2 aliphatic heterocycles. The number of nitrogens with zero attached hydrogens (tertiary/aromatic N) is 2. The van der Waals surface area contributed by atoms with Gasteiger partial charge in [0.05, 0.1) is 5.25 Å². The number of hydrogen-bond donors (Lipinski definition) is 4. The highest BCUT2D eigenvalue weighted by Gasteiger charge is 2.61. The predicted octanol–water partition coefficient (Wildman–Crippen LogP) is 2.21. The molecular weight excluding hydrogens is 562 g/mol. The average Bonchev–Trinajstić information content (AvgIpc) is 3.36. The smallest absolute Gasteiger partial charge is 0.330 e. The molecule has 13 heteroatoms. The number of urea groups is 1. The summed E-state index contributed by atoms with van der Waals surface area (Å²) in [7, 11) is -2.05. The third kappa shape index (κ3) is 7.83. The highest BCUT2D eigenvalue weighted by atomic mass is 32.2. The number of carboxylic acids is 1. The Morgan fingerprint density at radius 3 is 2.48 bits per heavy atom. The number of carboxylic acid groups (broad SMARTS) is 1. The van der Waals surface area contributed by atoms with Crippen molar-refractivity contribution in [3.63, 3.8) is 0 Å². The van der Waals surface area contributed by atoms with Crippen molar-refractivity contribution in [1.29, 1.82) is 0 Å². The second kappa shape index (κ2) is 13.3. The molecule has 2 fully saturated rings. The molecule has 42 heavy (non-hydrogen) atoms. The summed E-state index contributed by atoms with van der Waals surface area (Å²) in [5.41, 5.74) is -1.84. The molecule has 0 aromatic rings. The minimum Gasteiger partial charge on any atom is -0.479 e. The fourth-order valence-corrected chi connectivity index (χ4v) is 6.77. The largest absolute Gasteiger partial charge is 0.479 e. The molecule has 3 rings (SSSR count). The summed E-state index contributed by atoms with van der Waals surface area (Å²) in [5, 5.41) is 17.7. The van der Waals surface area contributed by atoms with E-state index in [1.807, 2.05) is 32.9 Å². The first kappa shape index (κ1) is 33.8. The second-order valence-electron chi connectivity index (χ2n) is 13.3. The zero-order valence-electron chi connectivity index (χ0n) is 25.8. The first-order chi connectivity index (χ1) is 19.5. The number of allylic oxidation sites excluding steroid dienone is 1. The van der Waals surface area contributed by atoms with Crippen LogP contribution in [-0.4, -0.2) is 95.6 Å². The average molecular weight is 612 g/mol. The maximum absolute atomic E-state index is 13.8. The standard InChI is InChI=1S/C29H49N5O7S/c1-19(2)42(40,41)33(6)18-23(28(3,4)5)31-27(39)30-21-14-11-9-7-8-10-13-20-17-29(20,26(37)38)32-24(35)22-15-12-16-34(22)25(21)36/h10,13,19-23H,7-9,11-12,14-18H2,1-6H3,(H,32,35)(H,37,38)(H2,30,31,39)/b13-10-/t20?,21-,22-,23?,29+/m0/s1. The Balaban J connectivity index is 1.78. The van der Waals surface area contributed by atoms with Gasteiger partial charge < -0.3 is 26.0 Å². The van der Waals surface area contributed by atoms with Crippen LogP contribution in [0.3, 0.4) is 0 Å². The third-order valence-corrected chi connectivity index (χ3v) is 10.9. The van der Waals surface area contributed by atoms with Gasteiger partial charge >= 0.3 is 12.0 Å². The van der Waals surface area contributed by atoms with E-state index in [-0.39, 0.29) is 18.4 Å². The Hall–Kier alpha value is -2.67. The molecule has 0 aromatic carbocycles. The van der Waals surface area contributed by atoms with Crippen molar-refractivity contribution < 1.29 is 32.7 Å². The van der Waals surface area contributed by atoms with Crippen LogP contribution in [0.4, 0.5) is 4.79 Å². The number of hydrogen-bond acceptors (Lipinski definition) is 6.